The molecule has 1 aliphatic carbocycles. The van der Waals surface area contributed by atoms with Gasteiger partial charge in [0.05, 0.1) is 18.2 Å². The van der Waals surface area contributed by atoms with Crippen LogP contribution in [-0.2, 0) is 16.9 Å². The molecule has 6 rings (SSSR count). The quantitative estimate of drug-likeness (QED) is 0.530. The van der Waals surface area contributed by atoms with Gasteiger partial charge >= 0.3 is 0 Å². The van der Waals surface area contributed by atoms with Crippen molar-refractivity contribution in [2.75, 3.05) is 26.2 Å². The number of hydrogen-bond acceptors (Lipinski definition) is 3. The molecular weight excluding hydrogens is 439 g/mol. The number of fused-ring (bicyclic) bond motifs is 5. The van der Waals surface area contributed by atoms with E-state index in [0.717, 1.165) is 45.6 Å². The summed E-state index contributed by atoms with van der Waals surface area (Å²) in [6, 6.07) is 26.7. The van der Waals surface area contributed by atoms with Gasteiger partial charge < -0.3 is 15.0 Å². The second kappa shape index (κ2) is 9.54. The second-order valence-electron chi connectivity index (χ2n) is 8.84. The van der Waals surface area contributed by atoms with Gasteiger partial charge in [-0.3, -0.25) is 0 Å². The molecule has 0 bridgehead atoms. The zero-order valence-corrected chi connectivity index (χ0v) is 19.8. The number of benzene rings is 3. The van der Waals surface area contributed by atoms with E-state index in [1.54, 1.807) is 0 Å². The van der Waals surface area contributed by atoms with Gasteiger partial charge in [-0.25, -0.2) is 0 Å². The van der Waals surface area contributed by atoms with E-state index in [2.05, 4.69) is 83.0 Å². The fraction of sp³-hybridized carbons (Fsp3) is 0.333. The Bertz CT molecular complexity index is 1030. The van der Waals surface area contributed by atoms with Gasteiger partial charge in [-0.1, -0.05) is 72.8 Å². The average molecular weight is 469 g/mol. The summed E-state index contributed by atoms with van der Waals surface area (Å²) in [6.07, 6.45) is 2.19. The number of nitrogens with zero attached hydrogens (tertiary/aromatic N) is 1. The van der Waals surface area contributed by atoms with Gasteiger partial charge in [0.1, 0.15) is 0 Å². The first-order chi connectivity index (χ1) is 14.8. The highest BCUT2D eigenvalue weighted by Crippen LogP contribution is 2.44. The lowest BCUT2D eigenvalue weighted by Gasteiger charge is -2.39. The molecule has 1 saturated heterocycles. The van der Waals surface area contributed by atoms with Gasteiger partial charge in [-0.15, -0.1) is 24.8 Å². The van der Waals surface area contributed by atoms with Crippen LogP contribution in [-0.4, -0.2) is 31.1 Å². The van der Waals surface area contributed by atoms with Crippen LogP contribution in [0.1, 0.15) is 41.1 Å². The maximum absolute atomic E-state index is 6.32. The van der Waals surface area contributed by atoms with Crippen LogP contribution in [0.5, 0.6) is 0 Å². The summed E-state index contributed by atoms with van der Waals surface area (Å²) in [5.74, 6) is 0. The van der Waals surface area contributed by atoms with Crippen molar-refractivity contribution in [3.05, 3.63) is 95.1 Å². The molecule has 0 aromatic heterocycles. The summed E-state index contributed by atoms with van der Waals surface area (Å²) in [5.41, 5.74) is 8.35. The number of hydrogen-bond donors (Lipinski definition) is 1. The molecule has 1 spiro atoms. The summed E-state index contributed by atoms with van der Waals surface area (Å²) in [4.78, 5) is 2.59. The normalized spacial score (nSPS) is 18.4. The number of ether oxygens (including phenoxy) is 1. The molecule has 3 nitrogen and oxygen atoms in total. The fourth-order valence-electron chi connectivity index (χ4n) is 5.68. The Labute approximate surface area is 203 Å². The largest absolute Gasteiger partial charge is 0.365 e. The van der Waals surface area contributed by atoms with Crippen molar-refractivity contribution in [1.82, 2.24) is 10.2 Å². The molecule has 1 N–H and O–H groups in total. The molecule has 32 heavy (non-hydrogen) atoms. The summed E-state index contributed by atoms with van der Waals surface area (Å²) in [5, 5.41) is 3.85. The molecule has 1 fully saturated rings. The van der Waals surface area contributed by atoms with E-state index in [4.69, 9.17) is 4.74 Å². The van der Waals surface area contributed by atoms with Crippen LogP contribution >= 0.6 is 24.8 Å². The zero-order chi connectivity index (χ0) is 20.0. The fourth-order valence-corrected chi connectivity index (χ4v) is 5.68. The molecule has 2 aliphatic heterocycles. The Balaban J connectivity index is 0.00000122. The third-order valence-corrected chi connectivity index (χ3v) is 7.29. The summed E-state index contributed by atoms with van der Waals surface area (Å²) in [7, 11) is 0. The Kier molecular flexibility index (Phi) is 6.94. The number of likely N-dealkylation sites (tertiary alicyclic amines) is 1. The lowest BCUT2D eigenvalue weighted by Crippen LogP contribution is -2.44. The van der Waals surface area contributed by atoms with Gasteiger partial charge in [-0.2, -0.15) is 0 Å². The van der Waals surface area contributed by atoms with Gasteiger partial charge in [0.15, 0.2) is 0 Å². The number of nitrogens with one attached hydrogen (secondary N) is 1. The van der Waals surface area contributed by atoms with Gasteiger partial charge in [0.2, 0.25) is 0 Å². The Hall–Kier alpha value is -1.88. The van der Waals surface area contributed by atoms with Crippen LogP contribution in [0.15, 0.2) is 72.8 Å². The first-order valence-corrected chi connectivity index (χ1v) is 11.2. The van der Waals surface area contributed by atoms with E-state index >= 15 is 0 Å². The lowest BCUT2D eigenvalue weighted by atomic mass is 9.84. The molecule has 3 aliphatic rings. The molecule has 0 radical (unpaired) electrons. The minimum atomic E-state index is -0.0378. The topological polar surface area (TPSA) is 24.5 Å². The first-order valence-electron chi connectivity index (χ1n) is 11.2. The predicted octanol–water partition coefficient (Wildman–Crippen LogP) is 5.71. The first kappa shape index (κ1) is 23.3. The Morgan fingerprint density at radius 1 is 0.812 bits per heavy atom. The SMILES string of the molecule is Cl.Cl.c1ccc2c(c1)COC21CCN(CCNC2c3ccccc3-c3ccccc32)CC1. The van der Waals surface area contributed by atoms with Crippen LogP contribution in [0.25, 0.3) is 11.1 Å². The smallest absolute Gasteiger partial charge is 0.0963 e. The van der Waals surface area contributed by atoms with Crippen molar-refractivity contribution in [3.63, 3.8) is 0 Å². The number of halogens is 2. The van der Waals surface area contributed by atoms with Crippen molar-refractivity contribution in [2.45, 2.75) is 31.1 Å². The maximum atomic E-state index is 6.32. The Morgan fingerprint density at radius 2 is 1.41 bits per heavy atom. The minimum absolute atomic E-state index is 0. The average Bonchev–Trinajstić information content (AvgIpc) is 3.32. The molecule has 0 saturated carbocycles. The number of piperidine rings is 1. The van der Waals surface area contributed by atoms with Gasteiger partial charge in [-0.05, 0) is 46.2 Å². The van der Waals surface area contributed by atoms with Crippen molar-refractivity contribution in [3.8, 4) is 11.1 Å². The second-order valence-corrected chi connectivity index (χ2v) is 8.84. The summed E-state index contributed by atoms with van der Waals surface area (Å²) in [6.45, 7) is 5.07. The van der Waals surface area contributed by atoms with Crippen molar-refractivity contribution in [2.24, 2.45) is 0 Å². The highest BCUT2D eigenvalue weighted by molar-refractivity contribution is 5.85. The van der Waals surface area contributed by atoms with E-state index in [9.17, 15) is 0 Å². The van der Waals surface area contributed by atoms with Gasteiger partial charge in [0.25, 0.3) is 0 Å². The molecule has 2 heterocycles. The van der Waals surface area contributed by atoms with Gasteiger partial charge in [0, 0.05) is 26.2 Å². The van der Waals surface area contributed by atoms with Crippen molar-refractivity contribution >= 4 is 24.8 Å². The highest BCUT2D eigenvalue weighted by atomic mass is 35.5. The van der Waals surface area contributed by atoms with E-state index in [-0.39, 0.29) is 30.4 Å². The van der Waals surface area contributed by atoms with Crippen LogP contribution in [0, 0.1) is 0 Å². The molecule has 0 atom stereocenters. The molecular formula is C27H30Cl2N2O. The monoisotopic (exact) mass is 468 g/mol. The van der Waals surface area contributed by atoms with E-state index in [0.29, 0.717) is 6.04 Å². The van der Waals surface area contributed by atoms with E-state index in [1.807, 2.05) is 0 Å². The minimum Gasteiger partial charge on any atom is -0.365 e. The lowest BCUT2D eigenvalue weighted by molar-refractivity contribution is -0.0785. The summed E-state index contributed by atoms with van der Waals surface area (Å²) >= 11 is 0. The zero-order valence-electron chi connectivity index (χ0n) is 18.1. The van der Waals surface area contributed by atoms with Crippen molar-refractivity contribution < 1.29 is 4.74 Å². The third kappa shape index (κ3) is 3.87. The van der Waals surface area contributed by atoms with Crippen LogP contribution < -0.4 is 5.32 Å². The van der Waals surface area contributed by atoms with E-state index < -0.39 is 0 Å². The molecule has 3 aromatic rings. The van der Waals surface area contributed by atoms with Crippen LogP contribution in [0.2, 0.25) is 0 Å². The molecule has 168 valence electrons. The molecule has 0 amide bonds. The number of rotatable bonds is 4. The molecule has 5 heteroatoms. The maximum Gasteiger partial charge on any atom is 0.0963 e. The predicted molar refractivity (Wildman–Crippen MR) is 135 cm³/mol. The van der Waals surface area contributed by atoms with Crippen LogP contribution in [0.4, 0.5) is 0 Å². The Morgan fingerprint density at radius 3 is 2.09 bits per heavy atom. The highest BCUT2D eigenvalue weighted by Gasteiger charge is 2.42. The van der Waals surface area contributed by atoms with Crippen LogP contribution in [0.3, 0.4) is 0 Å². The standard InChI is InChI=1S/C27H28N2O.2ClH/c1-6-12-25-20(7-1)19-30-27(25)13-16-29(17-14-27)18-15-28-26-23-10-4-2-8-21(23)22-9-3-5-11-24(22)26;;/h1-12,26,28H,13-19H2;2*1H. The molecule has 0 unspecified atom stereocenters. The van der Waals surface area contributed by atoms with E-state index in [1.165, 1.54) is 33.4 Å². The van der Waals surface area contributed by atoms with Crippen molar-refractivity contribution in [1.29, 1.82) is 0 Å². The summed E-state index contributed by atoms with van der Waals surface area (Å²) < 4.78 is 6.32. The molecule has 3 aromatic carbocycles. The third-order valence-electron chi connectivity index (χ3n) is 7.29.